The van der Waals surface area contributed by atoms with Crippen molar-refractivity contribution in [1.82, 2.24) is 4.98 Å². The molecular formula is C17H15FN4O4S. The van der Waals surface area contributed by atoms with Crippen LogP contribution in [0.4, 0.5) is 15.8 Å². The molecule has 0 saturated carbocycles. The summed E-state index contributed by atoms with van der Waals surface area (Å²) >= 11 is 1.06. The fourth-order valence-electron chi connectivity index (χ4n) is 2.26. The number of aryl methyl sites for hydroxylation is 1. The van der Waals surface area contributed by atoms with Crippen LogP contribution in [0.2, 0.25) is 0 Å². The Morgan fingerprint density at radius 1 is 1.48 bits per heavy atom. The first-order valence-corrected chi connectivity index (χ1v) is 8.60. The zero-order valence-corrected chi connectivity index (χ0v) is 15.3. The Morgan fingerprint density at radius 3 is 2.85 bits per heavy atom. The van der Waals surface area contributed by atoms with E-state index in [1.54, 1.807) is 13.0 Å². The number of nitro benzene ring substituents is 1. The number of nitrogens with one attached hydrogen (secondary N) is 1. The lowest BCUT2D eigenvalue weighted by molar-refractivity contribution is -0.387. The van der Waals surface area contributed by atoms with Gasteiger partial charge >= 0.3 is 5.69 Å². The second-order valence-electron chi connectivity index (χ2n) is 5.41. The lowest BCUT2D eigenvalue weighted by atomic mass is 10.1. The molecule has 1 aromatic heterocycles. The molecule has 2 aromatic rings. The zero-order valence-electron chi connectivity index (χ0n) is 14.5. The molecule has 0 bridgehead atoms. The Balaban J connectivity index is 2.11. The van der Waals surface area contributed by atoms with Crippen molar-refractivity contribution >= 4 is 29.0 Å². The minimum Gasteiger partial charge on any atom is -0.380 e. The minimum atomic E-state index is -0.985. The maximum atomic E-state index is 13.3. The van der Waals surface area contributed by atoms with Gasteiger partial charge in [-0.1, -0.05) is 11.8 Å². The molecule has 10 heteroatoms. The summed E-state index contributed by atoms with van der Waals surface area (Å²) in [6, 6.07) is 6.89. The monoisotopic (exact) mass is 390 g/mol. The van der Waals surface area contributed by atoms with Crippen LogP contribution < -0.4 is 5.32 Å². The molecule has 2 rings (SSSR count). The van der Waals surface area contributed by atoms with Crippen LogP contribution in [0.3, 0.4) is 0 Å². The van der Waals surface area contributed by atoms with Gasteiger partial charge in [-0.3, -0.25) is 14.9 Å². The second-order valence-corrected chi connectivity index (χ2v) is 6.37. The van der Waals surface area contributed by atoms with Crippen molar-refractivity contribution in [3.63, 3.8) is 0 Å². The van der Waals surface area contributed by atoms with Gasteiger partial charge in [-0.05, 0) is 30.7 Å². The van der Waals surface area contributed by atoms with Gasteiger partial charge in [0.05, 0.1) is 22.8 Å². The van der Waals surface area contributed by atoms with Crippen molar-refractivity contribution in [2.24, 2.45) is 0 Å². The fourth-order valence-corrected chi connectivity index (χ4v) is 3.13. The van der Waals surface area contributed by atoms with Crippen molar-refractivity contribution in [3.8, 4) is 6.07 Å². The Labute approximate surface area is 158 Å². The largest absolute Gasteiger partial charge is 0.380 e. The lowest BCUT2D eigenvalue weighted by Gasteiger charge is -2.10. The van der Waals surface area contributed by atoms with Crippen LogP contribution >= 0.6 is 11.8 Å². The maximum absolute atomic E-state index is 13.3. The van der Waals surface area contributed by atoms with Crippen LogP contribution in [0.25, 0.3) is 0 Å². The number of hydrogen-bond acceptors (Lipinski definition) is 7. The third-order valence-corrected chi connectivity index (χ3v) is 4.35. The summed E-state index contributed by atoms with van der Waals surface area (Å²) in [5, 5.41) is 23.0. The predicted octanol–water partition coefficient (Wildman–Crippen LogP) is 3.19. The number of hydrogen-bond donors (Lipinski definition) is 1. The van der Waals surface area contributed by atoms with E-state index in [0.29, 0.717) is 21.8 Å². The Hall–Kier alpha value is -3.03. The molecule has 0 saturated heterocycles. The van der Waals surface area contributed by atoms with Gasteiger partial charge in [0.25, 0.3) is 0 Å². The van der Waals surface area contributed by atoms with Crippen LogP contribution in [0.1, 0.15) is 16.8 Å². The Morgan fingerprint density at radius 2 is 2.22 bits per heavy atom. The zero-order chi connectivity index (χ0) is 20.0. The summed E-state index contributed by atoms with van der Waals surface area (Å²) in [6.07, 6.45) is 0. The number of nitrogens with zero attached hydrogens (tertiary/aromatic N) is 3. The lowest BCUT2D eigenvalue weighted by Crippen LogP contribution is -2.14. The number of carbonyl (C=O) groups is 1. The van der Waals surface area contributed by atoms with Crippen LogP contribution in [-0.4, -0.2) is 28.7 Å². The van der Waals surface area contributed by atoms with Gasteiger partial charge in [0.15, 0.2) is 0 Å². The molecule has 8 nitrogen and oxygen atoms in total. The second kappa shape index (κ2) is 9.07. The molecule has 0 spiro atoms. The van der Waals surface area contributed by atoms with Gasteiger partial charge < -0.3 is 10.1 Å². The van der Waals surface area contributed by atoms with E-state index in [1.807, 2.05) is 0 Å². The van der Waals surface area contributed by atoms with Gasteiger partial charge in [-0.15, -0.1) is 0 Å². The number of pyridine rings is 1. The number of thioether (sulfide) groups is 1. The standard InChI is InChI=1S/C17H15FN4O4S/c1-10-5-11(8-26-2)13(7-19)17(20-10)27-9-16(23)21-12-3-4-14(18)15(6-12)22(24)25/h3-6H,8-9H2,1-2H3,(H,21,23). The first-order valence-electron chi connectivity index (χ1n) is 7.61. The Bertz CT molecular complexity index is 930. The first-order chi connectivity index (χ1) is 12.8. The van der Waals surface area contributed by atoms with E-state index in [-0.39, 0.29) is 18.0 Å². The average molecular weight is 390 g/mol. The number of amides is 1. The highest BCUT2D eigenvalue weighted by atomic mass is 32.2. The van der Waals surface area contributed by atoms with E-state index < -0.39 is 22.3 Å². The molecule has 1 aromatic carbocycles. The number of benzene rings is 1. The van der Waals surface area contributed by atoms with E-state index >= 15 is 0 Å². The van der Waals surface area contributed by atoms with Gasteiger partial charge in [-0.25, -0.2) is 4.98 Å². The summed E-state index contributed by atoms with van der Waals surface area (Å²) in [7, 11) is 1.51. The molecular weight excluding hydrogens is 375 g/mol. The molecule has 0 unspecified atom stereocenters. The van der Waals surface area contributed by atoms with Crippen molar-refractivity contribution in [3.05, 3.63) is 57.0 Å². The number of rotatable bonds is 7. The highest BCUT2D eigenvalue weighted by Gasteiger charge is 2.17. The fraction of sp³-hybridized carbons (Fsp3) is 0.235. The van der Waals surface area contributed by atoms with Crippen molar-refractivity contribution in [2.75, 3.05) is 18.2 Å². The molecule has 0 aliphatic rings. The summed E-state index contributed by atoms with van der Waals surface area (Å²) in [6.45, 7) is 2.01. The molecule has 1 heterocycles. The highest BCUT2D eigenvalue weighted by Crippen LogP contribution is 2.25. The normalized spacial score (nSPS) is 10.3. The van der Waals surface area contributed by atoms with Gasteiger partial charge in [0.2, 0.25) is 11.7 Å². The maximum Gasteiger partial charge on any atom is 0.306 e. The number of aromatic nitrogens is 1. The molecule has 0 radical (unpaired) electrons. The number of carbonyl (C=O) groups excluding carboxylic acids is 1. The molecule has 0 aliphatic carbocycles. The molecule has 0 fully saturated rings. The van der Waals surface area contributed by atoms with Crippen LogP contribution in [-0.2, 0) is 16.1 Å². The SMILES string of the molecule is COCc1cc(C)nc(SCC(=O)Nc2ccc(F)c([N+](=O)[O-])c2)c1C#N. The first kappa shape index (κ1) is 20.3. The highest BCUT2D eigenvalue weighted by molar-refractivity contribution is 8.00. The molecule has 0 aliphatic heterocycles. The average Bonchev–Trinajstić information content (AvgIpc) is 2.61. The smallest absolute Gasteiger partial charge is 0.306 e. The topological polar surface area (TPSA) is 118 Å². The molecule has 140 valence electrons. The third-order valence-electron chi connectivity index (χ3n) is 3.37. The molecule has 1 amide bonds. The predicted molar refractivity (Wildman–Crippen MR) is 96.8 cm³/mol. The summed E-state index contributed by atoms with van der Waals surface area (Å²) in [4.78, 5) is 26.3. The van der Waals surface area contributed by atoms with Crippen LogP contribution in [0.15, 0.2) is 29.3 Å². The Kier molecular flexibility index (Phi) is 6.81. The molecule has 27 heavy (non-hydrogen) atoms. The number of halogens is 1. The van der Waals surface area contributed by atoms with E-state index in [1.165, 1.54) is 13.2 Å². The van der Waals surface area contributed by atoms with Crippen molar-refractivity contribution in [2.45, 2.75) is 18.6 Å². The number of ether oxygens (including phenoxy) is 1. The van der Waals surface area contributed by atoms with Crippen LogP contribution in [0.5, 0.6) is 0 Å². The van der Waals surface area contributed by atoms with Gasteiger partial charge in [0.1, 0.15) is 11.1 Å². The summed E-state index contributed by atoms with van der Waals surface area (Å²) in [5.41, 5.74) is 1.06. The minimum absolute atomic E-state index is 0.0806. The van der Waals surface area contributed by atoms with Crippen molar-refractivity contribution in [1.29, 1.82) is 5.26 Å². The van der Waals surface area contributed by atoms with Crippen LogP contribution in [0, 0.1) is 34.2 Å². The van der Waals surface area contributed by atoms with Gasteiger partial charge in [-0.2, -0.15) is 9.65 Å². The molecule has 0 atom stereocenters. The van der Waals surface area contributed by atoms with E-state index in [9.17, 15) is 24.6 Å². The third kappa shape index (κ3) is 5.22. The van der Waals surface area contributed by atoms with Gasteiger partial charge in [0, 0.05) is 24.6 Å². The van der Waals surface area contributed by atoms with E-state index in [0.717, 1.165) is 23.9 Å². The van der Waals surface area contributed by atoms with E-state index in [4.69, 9.17) is 4.74 Å². The van der Waals surface area contributed by atoms with E-state index in [2.05, 4.69) is 16.4 Å². The molecule has 1 N–H and O–H groups in total. The number of anilines is 1. The summed E-state index contributed by atoms with van der Waals surface area (Å²) in [5.74, 6) is -1.54. The quantitative estimate of drug-likeness (QED) is 0.438. The number of nitriles is 1. The van der Waals surface area contributed by atoms with Crippen molar-refractivity contribution < 1.29 is 18.8 Å². The number of methoxy groups -OCH3 is 1. The number of nitro groups is 1. The summed E-state index contributed by atoms with van der Waals surface area (Å²) < 4.78 is 18.4.